The molecule has 0 heterocycles. The van der Waals surface area contributed by atoms with Crippen LogP contribution < -0.4 is 5.32 Å². The molecule has 0 aliphatic heterocycles. The topological polar surface area (TPSA) is 49.3 Å². The molecule has 0 saturated carbocycles. The lowest BCUT2D eigenvalue weighted by molar-refractivity contribution is 0.0954. The fraction of sp³-hybridized carbons (Fsp3) is 0.182. The summed E-state index contributed by atoms with van der Waals surface area (Å²) in [6.07, 6.45) is 0. The summed E-state index contributed by atoms with van der Waals surface area (Å²) in [5.74, 6) is -0.339. The second-order valence-electron chi connectivity index (χ2n) is 3.30. The molecule has 2 N–H and O–H groups in total. The minimum absolute atomic E-state index is 0.0302. The molecule has 0 spiro atoms. The van der Waals surface area contributed by atoms with E-state index < -0.39 is 0 Å². The molecule has 80 valence electrons. The molecule has 0 saturated heterocycles. The maximum atomic E-state index is 11.6. The van der Waals surface area contributed by atoms with Gasteiger partial charge in [-0.05, 0) is 25.1 Å². The van der Waals surface area contributed by atoms with Crippen molar-refractivity contribution in [1.29, 1.82) is 0 Å². The van der Waals surface area contributed by atoms with Crippen LogP contribution in [0.25, 0.3) is 0 Å². The van der Waals surface area contributed by atoms with E-state index in [2.05, 4.69) is 27.8 Å². The first kappa shape index (κ1) is 11.8. The van der Waals surface area contributed by atoms with E-state index >= 15 is 0 Å². The standard InChI is InChI=1S/C11H12BrNO2/c1-7(2)6-13-11(15)9-5-8(12)3-4-10(9)14/h3-5,14H,1,6H2,2H3,(H,13,15). The molecule has 4 heteroatoms. The number of carbonyl (C=O) groups is 1. The van der Waals surface area contributed by atoms with Crippen molar-refractivity contribution in [2.45, 2.75) is 6.92 Å². The molecule has 0 aliphatic carbocycles. The highest BCUT2D eigenvalue weighted by atomic mass is 79.9. The third-order valence-electron chi connectivity index (χ3n) is 1.75. The fourth-order valence-electron chi connectivity index (χ4n) is 1.02. The Morgan fingerprint density at radius 1 is 1.60 bits per heavy atom. The molecule has 0 atom stereocenters. The van der Waals surface area contributed by atoms with Gasteiger partial charge in [0.1, 0.15) is 5.75 Å². The number of phenolic OH excluding ortho intramolecular Hbond substituents is 1. The van der Waals surface area contributed by atoms with Crippen molar-refractivity contribution in [3.05, 3.63) is 40.4 Å². The quantitative estimate of drug-likeness (QED) is 0.829. The largest absolute Gasteiger partial charge is 0.507 e. The highest BCUT2D eigenvalue weighted by molar-refractivity contribution is 9.10. The molecule has 15 heavy (non-hydrogen) atoms. The normalized spacial score (nSPS) is 9.73. The highest BCUT2D eigenvalue weighted by Gasteiger charge is 2.10. The summed E-state index contributed by atoms with van der Waals surface area (Å²) < 4.78 is 0.751. The second kappa shape index (κ2) is 4.98. The van der Waals surface area contributed by atoms with E-state index in [1.807, 2.05) is 6.92 Å². The molecule has 0 aromatic heterocycles. The van der Waals surface area contributed by atoms with Gasteiger partial charge in [0, 0.05) is 11.0 Å². The smallest absolute Gasteiger partial charge is 0.255 e. The summed E-state index contributed by atoms with van der Waals surface area (Å²) in [6.45, 7) is 5.90. The number of amides is 1. The first-order valence-corrected chi connectivity index (χ1v) is 5.21. The van der Waals surface area contributed by atoms with E-state index in [0.717, 1.165) is 10.0 Å². The Bertz CT molecular complexity index is 402. The predicted molar refractivity (Wildman–Crippen MR) is 63.0 cm³/mol. The Hall–Kier alpha value is -1.29. The van der Waals surface area contributed by atoms with Crippen molar-refractivity contribution in [1.82, 2.24) is 5.32 Å². The number of halogens is 1. The number of hydrogen-bond donors (Lipinski definition) is 2. The van der Waals surface area contributed by atoms with Gasteiger partial charge in [-0.1, -0.05) is 28.1 Å². The van der Waals surface area contributed by atoms with Gasteiger partial charge in [0.15, 0.2) is 0 Å². The Morgan fingerprint density at radius 3 is 2.87 bits per heavy atom. The van der Waals surface area contributed by atoms with Gasteiger partial charge >= 0.3 is 0 Å². The minimum Gasteiger partial charge on any atom is -0.507 e. The summed E-state index contributed by atoms with van der Waals surface area (Å²) in [5.41, 5.74) is 1.11. The second-order valence-corrected chi connectivity index (χ2v) is 4.22. The Balaban J connectivity index is 2.81. The molecule has 1 rings (SSSR count). The Kier molecular flexibility index (Phi) is 3.91. The third-order valence-corrected chi connectivity index (χ3v) is 2.25. The Labute approximate surface area is 96.9 Å². The van der Waals surface area contributed by atoms with Gasteiger partial charge in [-0.3, -0.25) is 4.79 Å². The molecule has 1 amide bonds. The number of carbonyl (C=O) groups excluding carboxylic acids is 1. The van der Waals surface area contributed by atoms with Crippen LogP contribution in [-0.2, 0) is 0 Å². The molecular weight excluding hydrogens is 258 g/mol. The number of benzene rings is 1. The van der Waals surface area contributed by atoms with Gasteiger partial charge in [-0.2, -0.15) is 0 Å². The van der Waals surface area contributed by atoms with Crippen molar-refractivity contribution in [2.75, 3.05) is 6.54 Å². The third kappa shape index (κ3) is 3.40. The maximum Gasteiger partial charge on any atom is 0.255 e. The van der Waals surface area contributed by atoms with Crippen LogP contribution in [0, 0.1) is 0 Å². The van der Waals surface area contributed by atoms with Crippen molar-refractivity contribution in [2.24, 2.45) is 0 Å². The maximum absolute atomic E-state index is 11.6. The van der Waals surface area contributed by atoms with Crippen LogP contribution in [-0.4, -0.2) is 17.6 Å². The molecule has 0 unspecified atom stereocenters. The van der Waals surface area contributed by atoms with E-state index in [1.165, 1.54) is 6.07 Å². The van der Waals surface area contributed by atoms with Crippen LogP contribution in [0.15, 0.2) is 34.8 Å². The number of phenols is 1. The van der Waals surface area contributed by atoms with Gasteiger partial charge in [-0.15, -0.1) is 0 Å². The van der Waals surface area contributed by atoms with Crippen LogP contribution in [0.4, 0.5) is 0 Å². The summed E-state index contributed by atoms with van der Waals surface area (Å²) in [5, 5.41) is 12.1. The first-order valence-electron chi connectivity index (χ1n) is 4.42. The zero-order valence-corrected chi connectivity index (χ0v) is 9.97. The van der Waals surface area contributed by atoms with Crippen molar-refractivity contribution >= 4 is 21.8 Å². The summed E-state index contributed by atoms with van der Waals surface area (Å²) in [6, 6.07) is 4.72. The highest BCUT2D eigenvalue weighted by Crippen LogP contribution is 2.21. The summed E-state index contributed by atoms with van der Waals surface area (Å²) >= 11 is 3.24. The number of hydrogen-bond acceptors (Lipinski definition) is 2. The number of nitrogens with one attached hydrogen (secondary N) is 1. The lowest BCUT2D eigenvalue weighted by Crippen LogP contribution is -2.24. The van der Waals surface area contributed by atoms with Crippen LogP contribution in [0.1, 0.15) is 17.3 Å². The van der Waals surface area contributed by atoms with Crippen molar-refractivity contribution < 1.29 is 9.90 Å². The Morgan fingerprint density at radius 2 is 2.27 bits per heavy atom. The van der Waals surface area contributed by atoms with Gasteiger partial charge in [0.2, 0.25) is 0 Å². The lowest BCUT2D eigenvalue weighted by atomic mass is 10.2. The predicted octanol–water partition coefficient (Wildman–Crippen LogP) is 2.46. The van der Waals surface area contributed by atoms with E-state index in [9.17, 15) is 9.90 Å². The van der Waals surface area contributed by atoms with E-state index in [-0.39, 0.29) is 17.2 Å². The zero-order chi connectivity index (χ0) is 11.4. The van der Waals surface area contributed by atoms with E-state index in [1.54, 1.807) is 12.1 Å². The molecule has 0 radical (unpaired) electrons. The van der Waals surface area contributed by atoms with Gasteiger partial charge in [0.05, 0.1) is 5.56 Å². The van der Waals surface area contributed by atoms with Crippen LogP contribution in [0.2, 0.25) is 0 Å². The van der Waals surface area contributed by atoms with Crippen molar-refractivity contribution in [3.8, 4) is 5.75 Å². The molecule has 0 bridgehead atoms. The van der Waals surface area contributed by atoms with Gasteiger partial charge in [-0.25, -0.2) is 0 Å². The molecule has 0 fully saturated rings. The number of aromatic hydroxyl groups is 1. The average molecular weight is 270 g/mol. The van der Waals surface area contributed by atoms with Crippen LogP contribution in [0.5, 0.6) is 5.75 Å². The van der Waals surface area contributed by atoms with E-state index in [0.29, 0.717) is 6.54 Å². The lowest BCUT2D eigenvalue weighted by Gasteiger charge is -2.06. The molecule has 1 aromatic rings. The van der Waals surface area contributed by atoms with Crippen LogP contribution >= 0.6 is 15.9 Å². The first-order chi connectivity index (χ1) is 7.00. The summed E-state index contributed by atoms with van der Waals surface area (Å²) in [7, 11) is 0. The molecule has 0 aliphatic rings. The molecular formula is C11H12BrNO2. The van der Waals surface area contributed by atoms with Crippen LogP contribution in [0.3, 0.4) is 0 Å². The fourth-order valence-corrected chi connectivity index (χ4v) is 1.38. The monoisotopic (exact) mass is 269 g/mol. The van der Waals surface area contributed by atoms with Gasteiger partial charge < -0.3 is 10.4 Å². The molecule has 1 aromatic carbocycles. The van der Waals surface area contributed by atoms with Gasteiger partial charge in [0.25, 0.3) is 5.91 Å². The summed E-state index contributed by atoms with van der Waals surface area (Å²) in [4.78, 5) is 11.6. The number of rotatable bonds is 3. The SMILES string of the molecule is C=C(C)CNC(=O)c1cc(Br)ccc1O. The minimum atomic E-state index is -0.309. The zero-order valence-electron chi connectivity index (χ0n) is 8.38. The van der Waals surface area contributed by atoms with E-state index in [4.69, 9.17) is 0 Å². The van der Waals surface area contributed by atoms with Crippen molar-refractivity contribution in [3.63, 3.8) is 0 Å². The molecule has 3 nitrogen and oxygen atoms in total. The average Bonchev–Trinajstić information content (AvgIpc) is 2.18.